The highest BCUT2D eigenvalue weighted by atomic mass is 35.5. The van der Waals surface area contributed by atoms with E-state index < -0.39 is 12.2 Å². The van der Waals surface area contributed by atoms with Crippen molar-refractivity contribution in [3.05, 3.63) is 39.7 Å². The second-order valence-corrected chi connectivity index (χ2v) is 8.15. The smallest absolute Gasteiger partial charge is 0.217 e. The largest absolute Gasteiger partial charge is 0.493 e. The van der Waals surface area contributed by atoms with E-state index in [0.29, 0.717) is 42.3 Å². The average Bonchev–Trinajstić information content (AvgIpc) is 2.77. The molecule has 0 bridgehead atoms. The van der Waals surface area contributed by atoms with Crippen LogP contribution in [0.2, 0.25) is 5.02 Å². The van der Waals surface area contributed by atoms with Crippen molar-refractivity contribution in [3.8, 4) is 17.5 Å². The van der Waals surface area contributed by atoms with Crippen LogP contribution in [0.5, 0.6) is 17.5 Å². The number of ether oxygens (including phenoxy) is 3. The van der Waals surface area contributed by atoms with Crippen LogP contribution in [0.4, 0.5) is 0 Å². The van der Waals surface area contributed by atoms with Gasteiger partial charge in [0.15, 0.2) is 0 Å². The minimum atomic E-state index is -0.494. The summed E-state index contributed by atoms with van der Waals surface area (Å²) < 4.78 is 16.3. The molecule has 176 valence electrons. The monoisotopic (exact) mass is 464 g/mol. The van der Waals surface area contributed by atoms with E-state index in [1.807, 2.05) is 26.8 Å². The lowest BCUT2D eigenvalue weighted by molar-refractivity contribution is 0.148. The van der Waals surface area contributed by atoms with Crippen LogP contribution >= 0.6 is 11.6 Å². The lowest BCUT2D eigenvalue weighted by Gasteiger charge is -2.23. The molecular weight excluding hydrogens is 432 g/mol. The molecular formula is C24H33ClN2O5. The SMILES string of the molecule is CCOc1cc(Cl)c2c(n1)C(O)CCC2.CCOc1cc(OCC)c2c(n1)C(O)CCC2. The molecule has 2 heterocycles. The zero-order valence-electron chi connectivity index (χ0n) is 19.1. The van der Waals surface area contributed by atoms with Gasteiger partial charge in [0.05, 0.1) is 48.4 Å². The van der Waals surface area contributed by atoms with Gasteiger partial charge in [0.1, 0.15) is 5.75 Å². The van der Waals surface area contributed by atoms with Crippen molar-refractivity contribution in [2.75, 3.05) is 19.8 Å². The number of aromatic nitrogens is 2. The predicted molar refractivity (Wildman–Crippen MR) is 123 cm³/mol. The highest BCUT2D eigenvalue weighted by molar-refractivity contribution is 6.31. The molecule has 0 aromatic carbocycles. The lowest BCUT2D eigenvalue weighted by atomic mass is 9.93. The molecule has 2 aromatic rings. The van der Waals surface area contributed by atoms with E-state index in [4.69, 9.17) is 25.8 Å². The van der Waals surface area contributed by atoms with E-state index in [2.05, 4.69) is 9.97 Å². The van der Waals surface area contributed by atoms with Crippen LogP contribution in [-0.4, -0.2) is 40.0 Å². The molecule has 2 aliphatic rings. The third kappa shape index (κ3) is 5.82. The van der Waals surface area contributed by atoms with Gasteiger partial charge in [0.2, 0.25) is 11.8 Å². The minimum Gasteiger partial charge on any atom is -0.493 e. The van der Waals surface area contributed by atoms with Gasteiger partial charge < -0.3 is 24.4 Å². The van der Waals surface area contributed by atoms with Gasteiger partial charge in [-0.2, -0.15) is 0 Å². The molecule has 2 unspecified atom stereocenters. The third-order valence-corrected chi connectivity index (χ3v) is 5.83. The molecule has 2 N–H and O–H groups in total. The first-order valence-corrected chi connectivity index (χ1v) is 11.8. The van der Waals surface area contributed by atoms with E-state index in [1.54, 1.807) is 6.07 Å². The summed E-state index contributed by atoms with van der Waals surface area (Å²) in [5.41, 5.74) is 3.43. The van der Waals surface area contributed by atoms with E-state index in [9.17, 15) is 10.2 Å². The molecule has 0 radical (unpaired) electrons. The van der Waals surface area contributed by atoms with Crippen molar-refractivity contribution in [2.45, 2.75) is 71.5 Å². The quantitative estimate of drug-likeness (QED) is 0.636. The van der Waals surface area contributed by atoms with Crippen LogP contribution in [0.3, 0.4) is 0 Å². The van der Waals surface area contributed by atoms with E-state index in [1.165, 1.54) is 0 Å². The average molecular weight is 465 g/mol. The van der Waals surface area contributed by atoms with Gasteiger partial charge in [-0.25, -0.2) is 9.97 Å². The van der Waals surface area contributed by atoms with Gasteiger partial charge in [0, 0.05) is 17.7 Å². The first-order chi connectivity index (χ1) is 15.5. The van der Waals surface area contributed by atoms with Crippen molar-refractivity contribution in [1.82, 2.24) is 9.97 Å². The molecule has 0 saturated carbocycles. The molecule has 7 nitrogen and oxygen atoms in total. The summed E-state index contributed by atoms with van der Waals surface area (Å²) in [7, 11) is 0. The van der Waals surface area contributed by atoms with Crippen LogP contribution in [0, 0.1) is 0 Å². The zero-order valence-corrected chi connectivity index (χ0v) is 19.8. The van der Waals surface area contributed by atoms with Crippen molar-refractivity contribution in [3.63, 3.8) is 0 Å². The Kier molecular flexibility index (Phi) is 8.96. The highest BCUT2D eigenvalue weighted by Gasteiger charge is 2.25. The molecule has 0 aliphatic heterocycles. The molecule has 0 amide bonds. The van der Waals surface area contributed by atoms with E-state index >= 15 is 0 Å². The van der Waals surface area contributed by atoms with Gasteiger partial charge in [-0.05, 0) is 64.9 Å². The van der Waals surface area contributed by atoms with Crippen LogP contribution in [0.15, 0.2) is 12.1 Å². The number of rotatable bonds is 6. The number of aliphatic hydroxyl groups excluding tert-OH is 2. The minimum absolute atomic E-state index is 0.488. The summed E-state index contributed by atoms with van der Waals surface area (Å²) in [5.74, 6) is 1.84. The molecule has 0 spiro atoms. The fourth-order valence-corrected chi connectivity index (χ4v) is 4.36. The second kappa shape index (κ2) is 11.7. The molecule has 32 heavy (non-hydrogen) atoms. The summed E-state index contributed by atoms with van der Waals surface area (Å²) in [6, 6.07) is 3.55. The Bertz CT molecular complexity index is 908. The van der Waals surface area contributed by atoms with E-state index in [-0.39, 0.29) is 0 Å². The van der Waals surface area contributed by atoms with Gasteiger partial charge >= 0.3 is 0 Å². The summed E-state index contributed by atoms with van der Waals surface area (Å²) in [6.07, 6.45) is 4.29. The fourth-order valence-electron chi connectivity index (χ4n) is 4.08. The number of halogens is 1. The molecule has 0 saturated heterocycles. The Labute approximate surface area is 194 Å². The molecule has 8 heteroatoms. The zero-order chi connectivity index (χ0) is 23.1. The van der Waals surface area contributed by atoms with E-state index in [0.717, 1.165) is 61.1 Å². The Balaban J connectivity index is 0.000000182. The molecule has 2 aliphatic carbocycles. The van der Waals surface area contributed by atoms with Crippen molar-refractivity contribution < 1.29 is 24.4 Å². The van der Waals surface area contributed by atoms with Crippen LogP contribution in [-0.2, 0) is 12.8 Å². The summed E-state index contributed by atoms with van der Waals surface area (Å²) >= 11 is 6.12. The molecule has 0 fully saturated rings. The first kappa shape index (κ1) is 24.6. The summed E-state index contributed by atoms with van der Waals surface area (Å²) in [5, 5.41) is 20.4. The van der Waals surface area contributed by atoms with Crippen molar-refractivity contribution >= 4 is 11.6 Å². The standard InChI is InChI=1S/C13H19NO3.C11H14ClNO2/c1-3-16-11-8-12(17-4-2)14-13-9(11)6-5-7-10(13)15;1-2-15-10-6-8(12)7-4-3-5-9(14)11(7)13-10/h8,10,15H,3-7H2,1-2H3;6,9,14H,2-5H2,1H3. The normalized spacial score (nSPS) is 19.2. The van der Waals surface area contributed by atoms with Crippen LogP contribution < -0.4 is 14.2 Å². The van der Waals surface area contributed by atoms with Crippen molar-refractivity contribution in [2.24, 2.45) is 0 Å². The van der Waals surface area contributed by atoms with Crippen LogP contribution in [0.25, 0.3) is 0 Å². The number of fused-ring (bicyclic) bond motifs is 2. The highest BCUT2D eigenvalue weighted by Crippen LogP contribution is 2.37. The molecule has 2 aromatic heterocycles. The van der Waals surface area contributed by atoms with Crippen molar-refractivity contribution in [1.29, 1.82) is 0 Å². The lowest BCUT2D eigenvalue weighted by Crippen LogP contribution is -2.14. The number of pyridine rings is 2. The summed E-state index contributed by atoms with van der Waals surface area (Å²) in [4.78, 5) is 8.66. The topological polar surface area (TPSA) is 93.9 Å². The first-order valence-electron chi connectivity index (χ1n) is 11.5. The van der Waals surface area contributed by atoms with Crippen LogP contribution in [0.1, 0.15) is 81.2 Å². The Morgan fingerprint density at radius 1 is 0.812 bits per heavy atom. The van der Waals surface area contributed by atoms with Gasteiger partial charge in [-0.1, -0.05) is 11.6 Å². The number of hydrogen-bond donors (Lipinski definition) is 2. The number of hydrogen-bond acceptors (Lipinski definition) is 7. The number of aliphatic hydroxyl groups is 2. The predicted octanol–water partition coefficient (Wildman–Crippen LogP) is 4.75. The van der Waals surface area contributed by atoms with Gasteiger partial charge in [0.25, 0.3) is 0 Å². The third-order valence-electron chi connectivity index (χ3n) is 5.49. The fraction of sp³-hybridized carbons (Fsp3) is 0.583. The van der Waals surface area contributed by atoms with Gasteiger partial charge in [-0.3, -0.25) is 0 Å². The van der Waals surface area contributed by atoms with Gasteiger partial charge in [-0.15, -0.1) is 0 Å². The maximum Gasteiger partial charge on any atom is 0.217 e. The number of nitrogens with zero attached hydrogens (tertiary/aromatic N) is 2. The Morgan fingerprint density at radius 2 is 1.31 bits per heavy atom. The Hall–Kier alpha value is -2.09. The molecule has 2 atom stereocenters. The Morgan fingerprint density at radius 3 is 1.88 bits per heavy atom. The second-order valence-electron chi connectivity index (χ2n) is 7.74. The molecule has 4 rings (SSSR count). The maximum absolute atomic E-state index is 9.97. The maximum atomic E-state index is 9.97. The summed E-state index contributed by atoms with van der Waals surface area (Å²) in [6.45, 7) is 7.49.